The molecular formula is C16H18N2O3. The van der Waals surface area contributed by atoms with Crippen molar-refractivity contribution in [3.05, 3.63) is 53.6 Å². The summed E-state index contributed by atoms with van der Waals surface area (Å²) in [6.45, 7) is 0.402. The summed E-state index contributed by atoms with van der Waals surface area (Å²) in [5, 5.41) is 2.84. The Labute approximate surface area is 123 Å². The van der Waals surface area contributed by atoms with Gasteiger partial charge in [0.1, 0.15) is 11.5 Å². The molecule has 0 aromatic heterocycles. The minimum absolute atomic E-state index is 0.146. The number of carbonyl (C=O) groups is 1. The van der Waals surface area contributed by atoms with E-state index >= 15 is 0 Å². The minimum Gasteiger partial charge on any atom is -0.497 e. The van der Waals surface area contributed by atoms with Gasteiger partial charge in [-0.05, 0) is 42.0 Å². The van der Waals surface area contributed by atoms with E-state index in [1.54, 1.807) is 50.6 Å². The van der Waals surface area contributed by atoms with E-state index in [0.717, 1.165) is 11.3 Å². The molecule has 5 heteroatoms. The molecule has 110 valence electrons. The lowest BCUT2D eigenvalue weighted by Crippen LogP contribution is -2.22. The topological polar surface area (TPSA) is 73.6 Å². The van der Waals surface area contributed by atoms with Crippen LogP contribution in [0.1, 0.15) is 15.9 Å². The maximum absolute atomic E-state index is 12.0. The Morgan fingerprint density at radius 2 is 1.81 bits per heavy atom. The second-order valence-corrected chi connectivity index (χ2v) is 4.49. The van der Waals surface area contributed by atoms with Crippen LogP contribution >= 0.6 is 0 Å². The third kappa shape index (κ3) is 3.66. The van der Waals surface area contributed by atoms with Crippen LogP contribution in [0.5, 0.6) is 11.5 Å². The molecule has 5 nitrogen and oxygen atoms in total. The van der Waals surface area contributed by atoms with E-state index in [4.69, 9.17) is 15.2 Å². The second kappa shape index (κ2) is 6.65. The standard InChI is InChI=1S/C16H18N2O3/c1-20-13-6-4-12(5-7-13)16(19)18-10-11-3-8-15(21-2)14(17)9-11/h3-9H,10,17H2,1-2H3,(H,18,19). The van der Waals surface area contributed by atoms with Gasteiger partial charge in [-0.2, -0.15) is 0 Å². The molecule has 0 aliphatic carbocycles. The molecule has 2 aromatic carbocycles. The van der Waals surface area contributed by atoms with Crippen molar-refractivity contribution in [1.82, 2.24) is 5.32 Å². The van der Waals surface area contributed by atoms with Crippen LogP contribution in [0.4, 0.5) is 5.69 Å². The van der Waals surface area contributed by atoms with Crippen LogP contribution in [-0.4, -0.2) is 20.1 Å². The predicted octanol–water partition coefficient (Wildman–Crippen LogP) is 2.22. The highest BCUT2D eigenvalue weighted by Gasteiger charge is 2.06. The molecule has 0 bridgehead atoms. The molecule has 1 amide bonds. The van der Waals surface area contributed by atoms with E-state index in [0.29, 0.717) is 23.5 Å². The first-order valence-electron chi connectivity index (χ1n) is 6.48. The van der Waals surface area contributed by atoms with Crippen LogP contribution in [0.15, 0.2) is 42.5 Å². The average Bonchev–Trinajstić information content (AvgIpc) is 2.52. The second-order valence-electron chi connectivity index (χ2n) is 4.49. The molecule has 2 aromatic rings. The third-order valence-corrected chi connectivity index (χ3v) is 3.10. The van der Waals surface area contributed by atoms with Crippen molar-refractivity contribution < 1.29 is 14.3 Å². The van der Waals surface area contributed by atoms with Gasteiger partial charge in [-0.15, -0.1) is 0 Å². The first kappa shape index (κ1) is 14.7. The molecule has 0 fully saturated rings. The Bertz CT molecular complexity index is 624. The average molecular weight is 286 g/mol. The molecule has 2 rings (SSSR count). The van der Waals surface area contributed by atoms with Gasteiger partial charge in [0.15, 0.2) is 0 Å². The number of benzene rings is 2. The summed E-state index contributed by atoms with van der Waals surface area (Å²) in [5.74, 6) is 1.20. The molecular weight excluding hydrogens is 268 g/mol. The Balaban J connectivity index is 1.98. The molecule has 0 saturated heterocycles. The fourth-order valence-electron chi connectivity index (χ4n) is 1.92. The van der Waals surface area contributed by atoms with Crippen LogP contribution in [0.2, 0.25) is 0 Å². The van der Waals surface area contributed by atoms with Crippen LogP contribution in [0, 0.1) is 0 Å². The summed E-state index contributed by atoms with van der Waals surface area (Å²) in [6, 6.07) is 12.4. The number of hydrogen-bond donors (Lipinski definition) is 2. The largest absolute Gasteiger partial charge is 0.497 e. The first-order valence-corrected chi connectivity index (χ1v) is 6.48. The number of nitrogen functional groups attached to an aromatic ring is 1. The lowest BCUT2D eigenvalue weighted by atomic mass is 10.1. The van der Waals surface area contributed by atoms with Crippen LogP contribution in [-0.2, 0) is 6.54 Å². The van der Waals surface area contributed by atoms with Crippen LogP contribution in [0.3, 0.4) is 0 Å². The number of carbonyl (C=O) groups excluding carboxylic acids is 1. The molecule has 3 N–H and O–H groups in total. The zero-order chi connectivity index (χ0) is 15.2. The van der Waals surface area contributed by atoms with Gasteiger partial charge < -0.3 is 20.5 Å². The molecule has 0 aliphatic rings. The van der Waals surface area contributed by atoms with E-state index in [1.807, 2.05) is 6.07 Å². The van der Waals surface area contributed by atoms with Crippen molar-refractivity contribution in [3.63, 3.8) is 0 Å². The molecule has 0 atom stereocenters. The predicted molar refractivity (Wildman–Crippen MR) is 81.6 cm³/mol. The highest BCUT2D eigenvalue weighted by molar-refractivity contribution is 5.94. The highest BCUT2D eigenvalue weighted by atomic mass is 16.5. The number of rotatable bonds is 5. The number of nitrogens with one attached hydrogen (secondary N) is 1. The molecule has 21 heavy (non-hydrogen) atoms. The molecule has 0 spiro atoms. The minimum atomic E-state index is -0.146. The number of ether oxygens (including phenoxy) is 2. The zero-order valence-corrected chi connectivity index (χ0v) is 12.1. The Morgan fingerprint density at radius 1 is 1.10 bits per heavy atom. The Morgan fingerprint density at radius 3 is 2.38 bits per heavy atom. The van der Waals surface area contributed by atoms with Gasteiger partial charge >= 0.3 is 0 Å². The van der Waals surface area contributed by atoms with E-state index in [9.17, 15) is 4.79 Å². The molecule has 0 unspecified atom stereocenters. The van der Waals surface area contributed by atoms with Crippen molar-refractivity contribution >= 4 is 11.6 Å². The molecule has 0 aliphatic heterocycles. The summed E-state index contributed by atoms with van der Waals surface area (Å²) < 4.78 is 10.1. The van der Waals surface area contributed by atoms with Crippen molar-refractivity contribution in [2.24, 2.45) is 0 Å². The third-order valence-electron chi connectivity index (χ3n) is 3.10. The number of methoxy groups -OCH3 is 2. The Kier molecular flexibility index (Phi) is 4.66. The zero-order valence-electron chi connectivity index (χ0n) is 12.1. The fraction of sp³-hybridized carbons (Fsp3) is 0.188. The van der Waals surface area contributed by atoms with Gasteiger partial charge in [0.2, 0.25) is 0 Å². The van der Waals surface area contributed by atoms with Gasteiger partial charge in [0.25, 0.3) is 5.91 Å². The fourth-order valence-corrected chi connectivity index (χ4v) is 1.92. The van der Waals surface area contributed by atoms with Gasteiger partial charge in [0.05, 0.1) is 19.9 Å². The smallest absolute Gasteiger partial charge is 0.251 e. The molecule has 0 heterocycles. The Hall–Kier alpha value is -2.69. The van der Waals surface area contributed by atoms with Gasteiger partial charge in [0, 0.05) is 12.1 Å². The number of hydrogen-bond acceptors (Lipinski definition) is 4. The molecule has 0 saturated carbocycles. The van der Waals surface area contributed by atoms with Crippen molar-refractivity contribution in [2.45, 2.75) is 6.54 Å². The molecule has 0 radical (unpaired) electrons. The van der Waals surface area contributed by atoms with Crippen molar-refractivity contribution in [3.8, 4) is 11.5 Å². The maximum atomic E-state index is 12.0. The summed E-state index contributed by atoms with van der Waals surface area (Å²) in [7, 11) is 3.15. The van der Waals surface area contributed by atoms with Crippen molar-refractivity contribution in [1.29, 1.82) is 0 Å². The summed E-state index contributed by atoms with van der Waals surface area (Å²) >= 11 is 0. The first-order chi connectivity index (χ1) is 10.1. The maximum Gasteiger partial charge on any atom is 0.251 e. The van der Waals surface area contributed by atoms with E-state index in [-0.39, 0.29) is 5.91 Å². The summed E-state index contributed by atoms with van der Waals surface area (Å²) in [4.78, 5) is 12.0. The normalized spacial score (nSPS) is 10.0. The van der Waals surface area contributed by atoms with Crippen molar-refractivity contribution in [2.75, 3.05) is 20.0 Å². The highest BCUT2D eigenvalue weighted by Crippen LogP contribution is 2.21. The van der Waals surface area contributed by atoms with Gasteiger partial charge in [-0.3, -0.25) is 4.79 Å². The summed E-state index contributed by atoms with van der Waals surface area (Å²) in [5.41, 5.74) is 7.87. The number of amides is 1. The van der Waals surface area contributed by atoms with E-state index in [1.165, 1.54) is 0 Å². The van der Waals surface area contributed by atoms with Gasteiger partial charge in [-0.1, -0.05) is 6.07 Å². The van der Waals surface area contributed by atoms with Gasteiger partial charge in [-0.25, -0.2) is 0 Å². The lowest BCUT2D eigenvalue weighted by molar-refractivity contribution is 0.0951. The van der Waals surface area contributed by atoms with E-state index < -0.39 is 0 Å². The monoisotopic (exact) mass is 286 g/mol. The lowest BCUT2D eigenvalue weighted by Gasteiger charge is -2.09. The quantitative estimate of drug-likeness (QED) is 0.827. The van der Waals surface area contributed by atoms with E-state index in [2.05, 4.69) is 5.32 Å². The number of nitrogens with two attached hydrogens (primary N) is 1. The number of anilines is 1. The van der Waals surface area contributed by atoms with Crippen LogP contribution in [0.25, 0.3) is 0 Å². The summed E-state index contributed by atoms with van der Waals surface area (Å²) in [6.07, 6.45) is 0. The van der Waals surface area contributed by atoms with Crippen LogP contribution < -0.4 is 20.5 Å². The SMILES string of the molecule is COc1ccc(C(=O)NCc2ccc(OC)c(N)c2)cc1.